The lowest BCUT2D eigenvalue weighted by Gasteiger charge is -2.37. The molecule has 1 aromatic carbocycles. The minimum Gasteiger partial charge on any atom is -0.460 e. The molecule has 2 atom stereocenters. The number of nitrogens with zero attached hydrogens (tertiary/aromatic N) is 1. The first-order valence-corrected chi connectivity index (χ1v) is 10.3. The molecular weight excluding hydrogens is 443 g/mol. The molecule has 3 rings (SSSR count). The van der Waals surface area contributed by atoms with Crippen molar-refractivity contribution < 1.29 is 23.5 Å². The first-order valence-electron chi connectivity index (χ1n) is 9.91. The second-order valence-electron chi connectivity index (χ2n) is 7.40. The Morgan fingerprint density at radius 1 is 1.38 bits per heavy atom. The highest BCUT2D eigenvalue weighted by molar-refractivity contribution is 6.33. The number of carbonyl (C=O) groups is 2. The highest BCUT2D eigenvalue weighted by Gasteiger charge is 2.32. The van der Waals surface area contributed by atoms with Crippen molar-refractivity contribution in [1.29, 1.82) is 0 Å². The molecule has 172 valence electrons. The highest BCUT2D eigenvalue weighted by atomic mass is 35.5. The molecule has 0 unspecified atom stereocenters. The van der Waals surface area contributed by atoms with Gasteiger partial charge in [0.2, 0.25) is 0 Å². The molecule has 1 fully saturated rings. The van der Waals surface area contributed by atoms with Gasteiger partial charge in [-0.3, -0.25) is 19.3 Å². The number of nitrogens with two attached hydrogens (primary N) is 1. The Kier molecular flexibility index (Phi) is 7.84. The van der Waals surface area contributed by atoms with Crippen LogP contribution in [0.2, 0.25) is 5.02 Å². The normalized spacial score (nSPS) is 18.8. The van der Waals surface area contributed by atoms with E-state index in [1.54, 1.807) is 18.2 Å². The summed E-state index contributed by atoms with van der Waals surface area (Å²) in [6.07, 6.45) is 0.0567. The molecule has 0 radical (unpaired) electrons. The summed E-state index contributed by atoms with van der Waals surface area (Å²) in [6, 6.07) is 6.92. The molecule has 1 aliphatic heterocycles. The van der Waals surface area contributed by atoms with Gasteiger partial charge in [-0.1, -0.05) is 29.8 Å². The topological polar surface area (TPSA) is 127 Å². The highest BCUT2D eigenvalue weighted by Crippen LogP contribution is 2.17. The number of pyridine rings is 1. The van der Waals surface area contributed by atoms with E-state index in [0.717, 1.165) is 0 Å². The second kappa shape index (κ2) is 10.6. The molecular formula is C21H24ClFN4O5. The maximum atomic E-state index is 13.6. The Labute approximate surface area is 188 Å². The molecule has 0 bridgehead atoms. The molecule has 0 aliphatic carbocycles. The van der Waals surface area contributed by atoms with Gasteiger partial charge in [0.1, 0.15) is 23.8 Å². The summed E-state index contributed by atoms with van der Waals surface area (Å²) in [5.41, 5.74) is 5.03. The third-order valence-corrected chi connectivity index (χ3v) is 5.54. The standard InChI is InChI=1S/C21H24ClFN4O5/c1-31-17-9-27(10-18(28)32-11-12-4-2-3-5-15(12)23)7-6-16(17)25-20(29)13-8-14(22)19(24)26-21(13)30/h2-5,8,16-17H,6-7,9-11H2,1H3,(H,25,29)(H3,24,26,30)/t16-,17+/m0/s1. The zero-order chi connectivity index (χ0) is 23.3. The van der Waals surface area contributed by atoms with Crippen molar-refractivity contribution in [3.05, 3.63) is 62.7 Å². The fourth-order valence-corrected chi connectivity index (χ4v) is 3.62. The molecule has 4 N–H and O–H groups in total. The summed E-state index contributed by atoms with van der Waals surface area (Å²) in [5.74, 6) is -1.54. The largest absolute Gasteiger partial charge is 0.460 e. The smallest absolute Gasteiger partial charge is 0.320 e. The van der Waals surface area contributed by atoms with E-state index < -0.39 is 29.4 Å². The molecule has 1 aromatic heterocycles. The number of likely N-dealkylation sites (tertiary alicyclic amines) is 1. The predicted octanol–water partition coefficient (Wildman–Crippen LogP) is 1.31. The van der Waals surface area contributed by atoms with Gasteiger partial charge in [-0.15, -0.1) is 0 Å². The van der Waals surface area contributed by atoms with Crippen molar-refractivity contribution in [3.8, 4) is 0 Å². The molecule has 9 nitrogen and oxygen atoms in total. The van der Waals surface area contributed by atoms with Gasteiger partial charge in [0.05, 0.1) is 23.7 Å². The van der Waals surface area contributed by atoms with Crippen LogP contribution in [0.15, 0.2) is 35.1 Å². The number of halogens is 2. The van der Waals surface area contributed by atoms with Gasteiger partial charge in [-0.2, -0.15) is 0 Å². The maximum Gasteiger partial charge on any atom is 0.320 e. The number of H-pyrrole nitrogens is 1. The van der Waals surface area contributed by atoms with E-state index in [4.69, 9.17) is 26.8 Å². The lowest BCUT2D eigenvalue weighted by atomic mass is 10.0. The quantitative estimate of drug-likeness (QED) is 0.525. The van der Waals surface area contributed by atoms with Crippen LogP contribution < -0.4 is 16.6 Å². The van der Waals surface area contributed by atoms with E-state index in [1.807, 2.05) is 4.90 Å². The summed E-state index contributed by atoms with van der Waals surface area (Å²) in [4.78, 5) is 40.9. The van der Waals surface area contributed by atoms with E-state index in [0.29, 0.717) is 25.1 Å². The molecule has 2 heterocycles. The van der Waals surface area contributed by atoms with Crippen LogP contribution in [0.25, 0.3) is 0 Å². The van der Waals surface area contributed by atoms with Crippen molar-refractivity contribution in [1.82, 2.24) is 15.2 Å². The minimum atomic E-state index is -0.645. The Balaban J connectivity index is 1.54. The lowest BCUT2D eigenvalue weighted by molar-refractivity contribution is -0.147. The van der Waals surface area contributed by atoms with Gasteiger partial charge in [0.15, 0.2) is 0 Å². The Morgan fingerprint density at radius 3 is 2.84 bits per heavy atom. The Morgan fingerprint density at radius 2 is 2.12 bits per heavy atom. The number of carbonyl (C=O) groups excluding carboxylic acids is 2. The van der Waals surface area contributed by atoms with Crippen LogP contribution in [0, 0.1) is 5.82 Å². The van der Waals surface area contributed by atoms with Crippen LogP contribution in [-0.2, 0) is 20.9 Å². The predicted molar refractivity (Wildman–Crippen MR) is 116 cm³/mol. The maximum absolute atomic E-state index is 13.6. The first kappa shape index (κ1) is 23.7. The number of nitrogen functional groups attached to an aromatic ring is 1. The van der Waals surface area contributed by atoms with Gasteiger partial charge < -0.3 is 25.5 Å². The molecule has 11 heteroatoms. The third-order valence-electron chi connectivity index (χ3n) is 5.23. The van der Waals surface area contributed by atoms with Crippen molar-refractivity contribution in [2.75, 3.05) is 32.5 Å². The first-order chi connectivity index (χ1) is 15.3. The fourth-order valence-electron chi connectivity index (χ4n) is 3.46. The average Bonchev–Trinajstić information content (AvgIpc) is 2.76. The number of anilines is 1. The summed E-state index contributed by atoms with van der Waals surface area (Å²) in [7, 11) is 1.50. The molecule has 1 amide bonds. The number of ether oxygens (including phenoxy) is 2. The van der Waals surface area contributed by atoms with Crippen LogP contribution in [0.5, 0.6) is 0 Å². The van der Waals surface area contributed by atoms with Crippen LogP contribution in [0.3, 0.4) is 0 Å². The van der Waals surface area contributed by atoms with Crippen molar-refractivity contribution in [2.45, 2.75) is 25.2 Å². The van der Waals surface area contributed by atoms with Crippen molar-refractivity contribution in [2.24, 2.45) is 0 Å². The van der Waals surface area contributed by atoms with Gasteiger partial charge in [-0.25, -0.2) is 4.39 Å². The van der Waals surface area contributed by atoms with Crippen molar-refractivity contribution >= 4 is 29.3 Å². The minimum absolute atomic E-state index is 0.00220. The number of hydrogen-bond donors (Lipinski definition) is 3. The van der Waals surface area contributed by atoms with Crippen LogP contribution >= 0.6 is 11.6 Å². The number of amides is 1. The summed E-state index contributed by atoms with van der Waals surface area (Å²) in [5, 5.41) is 2.85. The number of piperidine rings is 1. The van der Waals surface area contributed by atoms with E-state index >= 15 is 0 Å². The van der Waals surface area contributed by atoms with Gasteiger partial charge in [0.25, 0.3) is 11.5 Å². The van der Waals surface area contributed by atoms with E-state index in [-0.39, 0.29) is 35.6 Å². The number of aromatic nitrogens is 1. The van der Waals surface area contributed by atoms with Crippen LogP contribution in [-0.4, -0.2) is 60.7 Å². The van der Waals surface area contributed by atoms with Gasteiger partial charge in [-0.05, 0) is 18.6 Å². The third kappa shape index (κ3) is 5.84. The fraction of sp³-hybridized carbons (Fsp3) is 0.381. The van der Waals surface area contributed by atoms with Crippen molar-refractivity contribution in [3.63, 3.8) is 0 Å². The number of hydrogen-bond acceptors (Lipinski definition) is 7. The molecule has 2 aromatic rings. The molecule has 0 spiro atoms. The van der Waals surface area contributed by atoms with E-state index in [1.165, 1.54) is 19.2 Å². The average molecular weight is 467 g/mol. The lowest BCUT2D eigenvalue weighted by Crippen LogP contribution is -2.56. The van der Waals surface area contributed by atoms with Gasteiger partial charge >= 0.3 is 5.97 Å². The zero-order valence-corrected chi connectivity index (χ0v) is 18.2. The van der Waals surface area contributed by atoms with E-state index in [2.05, 4.69) is 10.3 Å². The molecule has 1 saturated heterocycles. The summed E-state index contributed by atoms with van der Waals surface area (Å²) >= 11 is 5.90. The van der Waals surface area contributed by atoms with E-state index in [9.17, 15) is 18.8 Å². The summed E-state index contributed by atoms with van der Waals surface area (Å²) in [6.45, 7) is 0.695. The Bertz CT molecular complexity index is 1050. The number of benzene rings is 1. The number of methoxy groups -OCH3 is 1. The molecule has 0 saturated carbocycles. The SMILES string of the molecule is CO[C@@H]1CN(CC(=O)OCc2ccccc2F)CC[C@@H]1NC(=O)c1cc(Cl)c(N)[nH]c1=O. The van der Waals surface area contributed by atoms with Gasteiger partial charge in [0, 0.05) is 25.8 Å². The summed E-state index contributed by atoms with van der Waals surface area (Å²) < 4.78 is 24.3. The van der Waals surface area contributed by atoms with Crippen LogP contribution in [0.4, 0.5) is 10.2 Å². The molecule has 32 heavy (non-hydrogen) atoms. The molecule has 1 aliphatic rings. The number of nitrogens with one attached hydrogen (secondary N) is 2. The monoisotopic (exact) mass is 466 g/mol. The Hall–Kier alpha value is -2.95. The second-order valence-corrected chi connectivity index (χ2v) is 7.81. The number of rotatable bonds is 7. The zero-order valence-electron chi connectivity index (χ0n) is 17.4. The number of esters is 1. The number of aromatic amines is 1. The van der Waals surface area contributed by atoms with Crippen LogP contribution in [0.1, 0.15) is 22.3 Å².